The first kappa shape index (κ1) is 20.1. The molecule has 0 aromatic heterocycles. The summed E-state index contributed by atoms with van der Waals surface area (Å²) in [4.78, 5) is 12.1. The van der Waals surface area contributed by atoms with E-state index in [1.807, 2.05) is 12.1 Å². The Bertz CT molecular complexity index is 523. The highest BCUT2D eigenvalue weighted by Gasteiger charge is 2.33. The molecule has 140 valence electrons. The molecule has 1 aromatic carbocycles. The predicted molar refractivity (Wildman–Crippen MR) is 103 cm³/mol. The standard InChI is InChI=1S/C20H30N2O2.ClH/c1-15-4-8-19(9-5-15)24-11-3-2-10-21-20(23)14-16-12-17-6-7-18(13-16)22-17;/h4-5,8-9,16-18,22H,2-3,6-7,10-14H2,1H3,(H,21,23);1H. The second-order valence-electron chi connectivity index (χ2n) is 7.40. The summed E-state index contributed by atoms with van der Waals surface area (Å²) in [7, 11) is 0. The second-order valence-corrected chi connectivity index (χ2v) is 7.40. The number of rotatable bonds is 8. The van der Waals surface area contributed by atoms with E-state index in [9.17, 15) is 4.79 Å². The fourth-order valence-electron chi connectivity index (χ4n) is 3.96. The maximum atomic E-state index is 12.1. The van der Waals surface area contributed by atoms with Crippen LogP contribution < -0.4 is 15.4 Å². The fraction of sp³-hybridized carbons (Fsp3) is 0.650. The average Bonchev–Trinajstić information content (AvgIpc) is 2.91. The van der Waals surface area contributed by atoms with E-state index in [4.69, 9.17) is 4.74 Å². The third-order valence-electron chi connectivity index (χ3n) is 5.23. The van der Waals surface area contributed by atoms with Crippen molar-refractivity contribution in [2.45, 2.75) is 64.0 Å². The molecule has 5 heteroatoms. The number of benzene rings is 1. The van der Waals surface area contributed by atoms with Crippen LogP contribution in [0, 0.1) is 12.8 Å². The minimum Gasteiger partial charge on any atom is -0.494 e. The Morgan fingerprint density at radius 2 is 1.84 bits per heavy atom. The summed E-state index contributed by atoms with van der Waals surface area (Å²) in [5.41, 5.74) is 1.24. The number of carbonyl (C=O) groups is 1. The van der Waals surface area contributed by atoms with E-state index >= 15 is 0 Å². The van der Waals surface area contributed by atoms with Crippen LogP contribution in [0.3, 0.4) is 0 Å². The van der Waals surface area contributed by atoms with Crippen LogP contribution in [0.1, 0.15) is 50.5 Å². The maximum absolute atomic E-state index is 12.1. The average molecular weight is 367 g/mol. The molecule has 2 bridgehead atoms. The monoisotopic (exact) mass is 366 g/mol. The van der Waals surface area contributed by atoms with Crippen LogP contribution >= 0.6 is 12.4 Å². The van der Waals surface area contributed by atoms with E-state index in [1.165, 1.54) is 31.2 Å². The highest BCUT2D eigenvalue weighted by Crippen LogP contribution is 2.32. The molecule has 0 aliphatic carbocycles. The molecule has 4 nitrogen and oxygen atoms in total. The molecular weight excluding hydrogens is 336 g/mol. The van der Waals surface area contributed by atoms with E-state index in [2.05, 4.69) is 29.7 Å². The molecule has 2 heterocycles. The molecule has 2 aliphatic heterocycles. The molecule has 0 radical (unpaired) electrons. The Hall–Kier alpha value is -1.26. The summed E-state index contributed by atoms with van der Waals surface area (Å²) >= 11 is 0. The maximum Gasteiger partial charge on any atom is 0.220 e. The van der Waals surface area contributed by atoms with Crippen LogP contribution in [-0.4, -0.2) is 31.1 Å². The second kappa shape index (κ2) is 10.0. The van der Waals surface area contributed by atoms with Crippen molar-refractivity contribution in [3.8, 4) is 5.75 Å². The molecule has 1 amide bonds. The summed E-state index contributed by atoms with van der Waals surface area (Å²) in [6.07, 6.45) is 7.57. The number of nitrogens with one attached hydrogen (secondary N) is 2. The Balaban J connectivity index is 0.00000225. The van der Waals surface area contributed by atoms with E-state index < -0.39 is 0 Å². The van der Waals surface area contributed by atoms with Gasteiger partial charge in [-0.3, -0.25) is 4.79 Å². The van der Waals surface area contributed by atoms with Crippen molar-refractivity contribution in [1.82, 2.24) is 10.6 Å². The van der Waals surface area contributed by atoms with Gasteiger partial charge in [0, 0.05) is 25.0 Å². The zero-order valence-electron chi connectivity index (χ0n) is 15.1. The summed E-state index contributed by atoms with van der Waals surface area (Å²) in [6, 6.07) is 9.46. The first-order valence-corrected chi connectivity index (χ1v) is 9.41. The number of unbranched alkanes of at least 4 members (excludes halogenated alkanes) is 1. The molecule has 1 aromatic rings. The number of aryl methyl sites for hydroxylation is 1. The number of fused-ring (bicyclic) bond motifs is 2. The van der Waals surface area contributed by atoms with Crippen molar-refractivity contribution < 1.29 is 9.53 Å². The number of amides is 1. The van der Waals surface area contributed by atoms with Crippen LogP contribution in [0.2, 0.25) is 0 Å². The first-order valence-electron chi connectivity index (χ1n) is 9.41. The number of halogens is 1. The van der Waals surface area contributed by atoms with Gasteiger partial charge in [0.05, 0.1) is 6.61 Å². The smallest absolute Gasteiger partial charge is 0.220 e. The summed E-state index contributed by atoms with van der Waals surface area (Å²) < 4.78 is 5.70. The summed E-state index contributed by atoms with van der Waals surface area (Å²) in [6.45, 7) is 3.53. The first-order chi connectivity index (χ1) is 11.7. The van der Waals surface area contributed by atoms with E-state index in [1.54, 1.807) is 0 Å². The molecule has 3 rings (SSSR count). The summed E-state index contributed by atoms with van der Waals surface area (Å²) in [5.74, 6) is 1.72. The van der Waals surface area contributed by atoms with Crippen molar-refractivity contribution >= 4 is 18.3 Å². The minimum atomic E-state index is 0. The van der Waals surface area contributed by atoms with Crippen molar-refractivity contribution in [2.24, 2.45) is 5.92 Å². The lowest BCUT2D eigenvalue weighted by atomic mass is 9.89. The van der Waals surface area contributed by atoms with Crippen LogP contribution in [0.4, 0.5) is 0 Å². The van der Waals surface area contributed by atoms with Crippen LogP contribution in [0.5, 0.6) is 5.75 Å². The number of hydrogen-bond acceptors (Lipinski definition) is 3. The Morgan fingerprint density at radius 1 is 1.16 bits per heavy atom. The molecule has 25 heavy (non-hydrogen) atoms. The summed E-state index contributed by atoms with van der Waals surface area (Å²) in [5, 5.41) is 6.70. The highest BCUT2D eigenvalue weighted by molar-refractivity contribution is 5.85. The van der Waals surface area contributed by atoms with Crippen molar-refractivity contribution in [3.05, 3.63) is 29.8 Å². The molecule has 0 saturated carbocycles. The van der Waals surface area contributed by atoms with Crippen LogP contribution in [0.25, 0.3) is 0 Å². The zero-order valence-corrected chi connectivity index (χ0v) is 15.9. The van der Waals surface area contributed by atoms with Crippen molar-refractivity contribution in [3.63, 3.8) is 0 Å². The number of piperidine rings is 1. The number of ether oxygens (including phenoxy) is 1. The van der Waals surface area contributed by atoms with E-state index in [0.717, 1.165) is 25.1 Å². The third kappa shape index (κ3) is 6.52. The van der Waals surface area contributed by atoms with E-state index in [0.29, 0.717) is 31.0 Å². The fourth-order valence-corrected chi connectivity index (χ4v) is 3.96. The van der Waals surface area contributed by atoms with Gasteiger partial charge < -0.3 is 15.4 Å². The van der Waals surface area contributed by atoms with Gasteiger partial charge in [-0.15, -0.1) is 12.4 Å². The van der Waals surface area contributed by atoms with E-state index in [-0.39, 0.29) is 18.3 Å². The molecular formula is C20H31ClN2O2. The van der Waals surface area contributed by atoms with Crippen molar-refractivity contribution in [1.29, 1.82) is 0 Å². The number of carbonyl (C=O) groups excluding carboxylic acids is 1. The molecule has 2 unspecified atom stereocenters. The predicted octanol–water partition coefficient (Wildman–Crippen LogP) is 3.61. The minimum absolute atomic E-state index is 0. The molecule has 2 saturated heterocycles. The van der Waals surface area contributed by atoms with Gasteiger partial charge in [-0.05, 0) is 63.5 Å². The quantitative estimate of drug-likeness (QED) is 0.691. The van der Waals surface area contributed by atoms with Gasteiger partial charge >= 0.3 is 0 Å². The zero-order chi connectivity index (χ0) is 16.8. The lowest BCUT2D eigenvalue weighted by Crippen LogP contribution is -2.39. The molecule has 2 N–H and O–H groups in total. The SMILES string of the molecule is Cc1ccc(OCCCCNC(=O)CC2CC3CCC(C2)N3)cc1.Cl. The normalized spacial score (nSPS) is 24.4. The Kier molecular flexibility index (Phi) is 8.04. The molecule has 2 atom stereocenters. The van der Waals surface area contributed by atoms with Crippen molar-refractivity contribution in [2.75, 3.05) is 13.2 Å². The topological polar surface area (TPSA) is 50.4 Å². The highest BCUT2D eigenvalue weighted by atomic mass is 35.5. The number of hydrogen-bond donors (Lipinski definition) is 2. The van der Waals surface area contributed by atoms with Gasteiger partial charge in [-0.25, -0.2) is 0 Å². The lowest BCUT2D eigenvalue weighted by molar-refractivity contribution is -0.122. The lowest BCUT2D eigenvalue weighted by Gasteiger charge is -2.28. The van der Waals surface area contributed by atoms with Crippen LogP contribution in [-0.2, 0) is 4.79 Å². The van der Waals surface area contributed by atoms with Gasteiger partial charge in [0.1, 0.15) is 5.75 Å². The van der Waals surface area contributed by atoms with Gasteiger partial charge in [-0.1, -0.05) is 17.7 Å². The van der Waals surface area contributed by atoms with Crippen LogP contribution in [0.15, 0.2) is 24.3 Å². The Morgan fingerprint density at radius 3 is 2.52 bits per heavy atom. The van der Waals surface area contributed by atoms with Gasteiger partial charge in [0.2, 0.25) is 5.91 Å². The molecule has 0 spiro atoms. The van der Waals surface area contributed by atoms with Gasteiger partial charge in [-0.2, -0.15) is 0 Å². The Labute approximate surface area is 157 Å². The van der Waals surface area contributed by atoms with Gasteiger partial charge in [0.25, 0.3) is 0 Å². The molecule has 2 fully saturated rings. The third-order valence-corrected chi connectivity index (χ3v) is 5.23. The van der Waals surface area contributed by atoms with Gasteiger partial charge in [0.15, 0.2) is 0 Å². The largest absolute Gasteiger partial charge is 0.494 e. The molecule has 2 aliphatic rings.